The first-order chi connectivity index (χ1) is 10.2. The standard InChI is InChI=1S/C17H15FO3/c1-20-10-11-2-4-12(5-3-11)17(19)16-9-13-8-14(18)6-7-15(13)21-16/h2-9,17,19H,10H2,1H3. The van der Waals surface area contributed by atoms with Crippen LogP contribution < -0.4 is 0 Å². The third-order valence-corrected chi connectivity index (χ3v) is 3.37. The average molecular weight is 286 g/mol. The van der Waals surface area contributed by atoms with E-state index in [1.807, 2.05) is 24.3 Å². The van der Waals surface area contributed by atoms with Crippen molar-refractivity contribution < 1.29 is 18.7 Å². The van der Waals surface area contributed by atoms with Gasteiger partial charge in [0.2, 0.25) is 0 Å². The summed E-state index contributed by atoms with van der Waals surface area (Å²) in [7, 11) is 1.64. The Morgan fingerprint density at radius 2 is 1.90 bits per heavy atom. The zero-order chi connectivity index (χ0) is 14.8. The molecular weight excluding hydrogens is 271 g/mol. The lowest BCUT2D eigenvalue weighted by atomic mass is 10.1. The fraction of sp³-hybridized carbons (Fsp3) is 0.176. The van der Waals surface area contributed by atoms with E-state index in [1.54, 1.807) is 19.2 Å². The molecule has 0 bridgehead atoms. The molecule has 3 aromatic rings. The number of furan rings is 1. The summed E-state index contributed by atoms with van der Waals surface area (Å²) in [6, 6.07) is 13.4. The lowest BCUT2D eigenvalue weighted by Crippen LogP contribution is -1.98. The maximum atomic E-state index is 13.2. The number of ether oxygens (including phenoxy) is 1. The predicted molar refractivity (Wildman–Crippen MR) is 77.4 cm³/mol. The molecule has 0 aliphatic heterocycles. The Hall–Kier alpha value is -2.17. The minimum Gasteiger partial charge on any atom is -0.458 e. The van der Waals surface area contributed by atoms with Crippen LogP contribution in [0.1, 0.15) is 23.0 Å². The molecule has 3 nitrogen and oxygen atoms in total. The maximum Gasteiger partial charge on any atom is 0.138 e. The molecule has 0 saturated carbocycles. The molecule has 1 aromatic heterocycles. The smallest absolute Gasteiger partial charge is 0.138 e. The lowest BCUT2D eigenvalue weighted by Gasteiger charge is -2.08. The van der Waals surface area contributed by atoms with Gasteiger partial charge in [-0.3, -0.25) is 0 Å². The second-order valence-electron chi connectivity index (χ2n) is 4.91. The fourth-order valence-electron chi connectivity index (χ4n) is 2.30. The van der Waals surface area contributed by atoms with E-state index in [-0.39, 0.29) is 5.82 Å². The van der Waals surface area contributed by atoms with Crippen molar-refractivity contribution in [1.29, 1.82) is 0 Å². The Morgan fingerprint density at radius 1 is 1.14 bits per heavy atom. The second-order valence-corrected chi connectivity index (χ2v) is 4.91. The van der Waals surface area contributed by atoms with Crippen LogP contribution in [0, 0.1) is 5.82 Å². The van der Waals surface area contributed by atoms with Crippen LogP contribution in [-0.2, 0) is 11.3 Å². The van der Waals surface area contributed by atoms with Gasteiger partial charge in [-0.25, -0.2) is 4.39 Å². The van der Waals surface area contributed by atoms with Crippen molar-refractivity contribution >= 4 is 11.0 Å². The quantitative estimate of drug-likeness (QED) is 0.793. The summed E-state index contributed by atoms with van der Waals surface area (Å²) < 4.78 is 23.8. The van der Waals surface area contributed by atoms with Gasteiger partial charge in [-0.2, -0.15) is 0 Å². The highest BCUT2D eigenvalue weighted by molar-refractivity contribution is 5.78. The normalized spacial score (nSPS) is 12.7. The number of hydrogen-bond donors (Lipinski definition) is 1. The minimum atomic E-state index is -0.878. The Kier molecular flexibility index (Phi) is 3.73. The summed E-state index contributed by atoms with van der Waals surface area (Å²) in [5.41, 5.74) is 2.30. The van der Waals surface area contributed by atoms with Crippen LogP contribution in [0.4, 0.5) is 4.39 Å². The Morgan fingerprint density at radius 3 is 2.62 bits per heavy atom. The Labute approximate surface area is 121 Å². The maximum absolute atomic E-state index is 13.2. The van der Waals surface area contributed by atoms with Crippen molar-refractivity contribution in [3.63, 3.8) is 0 Å². The number of halogens is 1. The number of benzene rings is 2. The van der Waals surface area contributed by atoms with Crippen LogP contribution in [0.3, 0.4) is 0 Å². The fourth-order valence-corrected chi connectivity index (χ4v) is 2.30. The molecular formula is C17H15FO3. The summed E-state index contributed by atoms with van der Waals surface area (Å²) in [6.45, 7) is 0.528. The summed E-state index contributed by atoms with van der Waals surface area (Å²) in [5.74, 6) is 0.0725. The lowest BCUT2D eigenvalue weighted by molar-refractivity contribution is 0.184. The first kappa shape index (κ1) is 13.8. The van der Waals surface area contributed by atoms with Crippen molar-refractivity contribution in [3.8, 4) is 0 Å². The number of fused-ring (bicyclic) bond motifs is 1. The third-order valence-electron chi connectivity index (χ3n) is 3.37. The molecule has 0 radical (unpaired) electrons. The van der Waals surface area contributed by atoms with Gasteiger partial charge in [0.25, 0.3) is 0 Å². The van der Waals surface area contributed by atoms with Gasteiger partial charge in [-0.15, -0.1) is 0 Å². The Bertz CT molecular complexity index is 746. The molecule has 1 heterocycles. The summed E-state index contributed by atoms with van der Waals surface area (Å²) in [5, 5.41) is 11.0. The van der Waals surface area contributed by atoms with Crippen LogP contribution >= 0.6 is 0 Å². The van der Waals surface area contributed by atoms with Crippen molar-refractivity contribution in [2.75, 3.05) is 7.11 Å². The highest BCUT2D eigenvalue weighted by Gasteiger charge is 2.15. The zero-order valence-corrected chi connectivity index (χ0v) is 11.5. The van der Waals surface area contributed by atoms with Gasteiger partial charge < -0.3 is 14.3 Å². The van der Waals surface area contributed by atoms with Crippen LogP contribution in [-0.4, -0.2) is 12.2 Å². The van der Waals surface area contributed by atoms with Crippen molar-refractivity contribution in [1.82, 2.24) is 0 Å². The monoisotopic (exact) mass is 286 g/mol. The van der Waals surface area contributed by atoms with Gasteiger partial charge >= 0.3 is 0 Å². The van der Waals surface area contributed by atoms with Crippen molar-refractivity contribution in [2.45, 2.75) is 12.7 Å². The first-order valence-electron chi connectivity index (χ1n) is 6.62. The first-order valence-corrected chi connectivity index (χ1v) is 6.62. The van der Waals surface area contributed by atoms with Gasteiger partial charge in [-0.1, -0.05) is 24.3 Å². The number of hydrogen-bond acceptors (Lipinski definition) is 3. The second kappa shape index (κ2) is 5.68. The van der Waals surface area contributed by atoms with Crippen LogP contribution in [0.5, 0.6) is 0 Å². The molecule has 1 N–H and O–H groups in total. The minimum absolute atomic E-state index is 0.326. The zero-order valence-electron chi connectivity index (χ0n) is 11.5. The van der Waals surface area contributed by atoms with E-state index < -0.39 is 6.10 Å². The molecule has 21 heavy (non-hydrogen) atoms. The van der Waals surface area contributed by atoms with E-state index in [0.717, 1.165) is 11.1 Å². The van der Waals surface area contributed by atoms with Crippen LogP contribution in [0.15, 0.2) is 52.9 Å². The van der Waals surface area contributed by atoms with Crippen LogP contribution in [0.2, 0.25) is 0 Å². The number of methoxy groups -OCH3 is 1. The van der Waals surface area contributed by atoms with Gasteiger partial charge in [0.05, 0.1) is 6.61 Å². The van der Waals surface area contributed by atoms with Gasteiger partial charge in [0.1, 0.15) is 23.3 Å². The van der Waals surface area contributed by atoms with E-state index in [4.69, 9.17) is 9.15 Å². The van der Waals surface area contributed by atoms with Gasteiger partial charge in [0, 0.05) is 12.5 Å². The largest absolute Gasteiger partial charge is 0.458 e. The van der Waals surface area contributed by atoms with Gasteiger partial charge in [0.15, 0.2) is 0 Å². The van der Waals surface area contributed by atoms with Crippen LogP contribution in [0.25, 0.3) is 11.0 Å². The van der Waals surface area contributed by atoms with Crippen molar-refractivity contribution in [3.05, 3.63) is 71.2 Å². The predicted octanol–water partition coefficient (Wildman–Crippen LogP) is 3.80. The molecule has 0 spiro atoms. The molecule has 108 valence electrons. The van der Waals surface area contributed by atoms with E-state index >= 15 is 0 Å². The Balaban J connectivity index is 1.90. The molecule has 0 saturated heterocycles. The van der Waals surface area contributed by atoms with E-state index in [2.05, 4.69) is 0 Å². The molecule has 0 amide bonds. The molecule has 3 rings (SSSR count). The van der Waals surface area contributed by atoms with E-state index in [1.165, 1.54) is 12.1 Å². The molecule has 2 aromatic carbocycles. The summed E-state index contributed by atoms with van der Waals surface area (Å²) in [4.78, 5) is 0. The summed E-state index contributed by atoms with van der Waals surface area (Å²) >= 11 is 0. The molecule has 0 fully saturated rings. The SMILES string of the molecule is COCc1ccc(C(O)c2cc3cc(F)ccc3o2)cc1. The third kappa shape index (κ3) is 2.82. The van der Waals surface area contributed by atoms with Gasteiger partial charge in [-0.05, 0) is 35.4 Å². The average Bonchev–Trinajstić information content (AvgIpc) is 2.90. The highest BCUT2D eigenvalue weighted by Crippen LogP contribution is 2.28. The molecule has 1 atom stereocenters. The van der Waals surface area contributed by atoms with E-state index in [9.17, 15) is 9.50 Å². The summed E-state index contributed by atoms with van der Waals surface area (Å²) in [6.07, 6.45) is -0.878. The molecule has 0 aliphatic rings. The molecule has 4 heteroatoms. The highest BCUT2D eigenvalue weighted by atomic mass is 19.1. The van der Waals surface area contributed by atoms with E-state index in [0.29, 0.717) is 23.3 Å². The topological polar surface area (TPSA) is 42.6 Å². The molecule has 1 unspecified atom stereocenters. The number of rotatable bonds is 4. The number of aliphatic hydroxyl groups is 1. The van der Waals surface area contributed by atoms with Crippen molar-refractivity contribution in [2.24, 2.45) is 0 Å². The molecule has 0 aliphatic carbocycles. The number of aliphatic hydroxyl groups excluding tert-OH is 1.